The first-order valence-electron chi connectivity index (χ1n) is 15.9. The van der Waals surface area contributed by atoms with Crippen LogP contribution < -0.4 is 35.3 Å². The summed E-state index contributed by atoms with van der Waals surface area (Å²) >= 11 is 0. The van der Waals surface area contributed by atoms with E-state index in [1.165, 1.54) is 15.6 Å². The number of nitrogens with two attached hydrogens (primary N) is 1. The van der Waals surface area contributed by atoms with Crippen LogP contribution in [0.2, 0.25) is 0 Å². The molecule has 0 atom stereocenters. The second-order valence-corrected chi connectivity index (χ2v) is 11.5. The van der Waals surface area contributed by atoms with E-state index in [0.717, 1.165) is 99.2 Å². The fraction of sp³-hybridized carbons (Fsp3) is 0.314. The third-order valence-corrected chi connectivity index (χ3v) is 8.23. The Bertz CT molecular complexity index is 1830. The molecule has 0 saturated carbocycles. The molecule has 0 bridgehead atoms. The molecule has 2 aliphatic heterocycles. The zero-order valence-electron chi connectivity index (χ0n) is 28.2. The van der Waals surface area contributed by atoms with Crippen molar-refractivity contribution >= 4 is 17.2 Å². The zero-order valence-corrected chi connectivity index (χ0v) is 30.2. The molecule has 6 heterocycles. The van der Waals surface area contributed by atoms with Gasteiger partial charge in [0.1, 0.15) is 0 Å². The summed E-state index contributed by atoms with van der Waals surface area (Å²) < 4.78 is 27.4. The van der Waals surface area contributed by atoms with Crippen molar-refractivity contribution in [3.05, 3.63) is 112 Å². The number of nitrogen functional groups attached to an aromatic ring is 1. The van der Waals surface area contributed by atoms with Crippen LogP contribution in [0.3, 0.4) is 0 Å². The number of hydrogen-bond acceptors (Lipinski definition) is 12. The van der Waals surface area contributed by atoms with Crippen LogP contribution in [0, 0.1) is 16.2 Å². The molecule has 2 N–H and O–H groups in total. The van der Waals surface area contributed by atoms with E-state index < -0.39 is 6.08 Å². The van der Waals surface area contributed by atoms with Gasteiger partial charge in [0, 0.05) is 50.4 Å². The predicted molar refractivity (Wildman–Crippen MR) is 192 cm³/mol. The molecule has 0 aliphatic carbocycles. The standard InChI is InChI=1S/C17H17FN4O.C17H19N5O.CH4.FH.HNO2.Na/c2*18-17-19-16-3-1-2-15(22(16)20-17)14-6-4-13(5-7-14)12-21-8-10-23-11-9-21;;;2-1-3;/h1-7H,8-12H2;1-7H,8-12H2,(H2,18,20);1H4;1H;(H,2,3);/q;;;;;+1/p-1. The van der Waals surface area contributed by atoms with Crippen LogP contribution in [0.25, 0.3) is 33.8 Å². The van der Waals surface area contributed by atoms with Crippen molar-refractivity contribution in [2.45, 2.75) is 20.5 Å². The maximum absolute atomic E-state index is 13.3. The Kier molecular flexibility index (Phi) is 16.6. The Labute approximate surface area is 322 Å². The summed E-state index contributed by atoms with van der Waals surface area (Å²) in [4.78, 5) is 20.8. The Morgan fingerprint density at radius 3 is 1.54 bits per heavy atom. The van der Waals surface area contributed by atoms with Crippen LogP contribution >= 0.6 is 0 Å². The van der Waals surface area contributed by atoms with E-state index >= 15 is 0 Å². The van der Waals surface area contributed by atoms with Crippen molar-refractivity contribution in [3.8, 4) is 22.5 Å². The molecule has 2 aromatic carbocycles. The first kappa shape index (κ1) is 42.0. The number of ether oxygens (including phenoxy) is 2. The smallest absolute Gasteiger partial charge is 0.444 e. The van der Waals surface area contributed by atoms with Gasteiger partial charge in [0.05, 0.1) is 37.8 Å². The minimum Gasteiger partial charge on any atom is -0.444 e. The number of morpholine rings is 2. The number of anilines is 1. The molecular weight excluding hydrogens is 685 g/mol. The molecule has 0 amide bonds. The van der Waals surface area contributed by atoms with Gasteiger partial charge in [-0.1, -0.05) is 68.1 Å². The molecule has 0 unspecified atom stereocenters. The van der Waals surface area contributed by atoms with Gasteiger partial charge in [-0.3, -0.25) is 14.5 Å². The number of fused-ring (bicyclic) bond motifs is 2. The van der Waals surface area contributed by atoms with Gasteiger partial charge in [0.2, 0.25) is 5.95 Å². The van der Waals surface area contributed by atoms with Crippen molar-refractivity contribution in [2.24, 2.45) is 5.34 Å². The Balaban J connectivity index is 0.000000248. The van der Waals surface area contributed by atoms with E-state index in [0.29, 0.717) is 11.6 Å². The molecule has 6 aromatic rings. The first-order chi connectivity index (χ1) is 24.0. The number of nitrogens with zero attached hydrogens (tertiary/aromatic N) is 9. The summed E-state index contributed by atoms with van der Waals surface area (Å²) in [6, 6.07) is 28.3. The molecule has 8 rings (SSSR count). The molecule has 270 valence electrons. The average molecular weight is 727 g/mol. The largest absolute Gasteiger partial charge is 1.00 e. The zero-order chi connectivity index (χ0) is 34.0. The van der Waals surface area contributed by atoms with E-state index in [9.17, 15) is 4.39 Å². The summed E-state index contributed by atoms with van der Waals surface area (Å²) in [7, 11) is 0. The molecule has 52 heavy (non-hydrogen) atoms. The Hall–Kier alpha value is -4.42. The van der Waals surface area contributed by atoms with Gasteiger partial charge in [-0.15, -0.1) is 15.5 Å². The quantitative estimate of drug-likeness (QED) is 0.152. The third kappa shape index (κ3) is 10.8. The number of hydrogen-bond donors (Lipinski definition) is 1. The van der Waals surface area contributed by atoms with Crippen LogP contribution in [-0.4, -0.2) is 91.6 Å². The molecule has 2 aliphatic rings. The number of aromatic nitrogens is 6. The molecule has 0 spiro atoms. The van der Waals surface area contributed by atoms with Crippen molar-refractivity contribution < 1.29 is 48.1 Å². The molecule has 4 aromatic heterocycles. The normalized spacial score (nSPS) is 14.4. The van der Waals surface area contributed by atoms with Gasteiger partial charge >= 0.3 is 35.6 Å². The minimum atomic E-state index is -0.707. The van der Waals surface area contributed by atoms with Gasteiger partial charge in [-0.05, 0) is 35.4 Å². The predicted octanol–water partition coefficient (Wildman–Crippen LogP) is 2.22. The van der Waals surface area contributed by atoms with Crippen molar-refractivity contribution in [2.75, 3.05) is 58.3 Å². The molecular formula is C35H41F2N10NaO4. The maximum atomic E-state index is 13.3. The number of pyridine rings is 2. The van der Waals surface area contributed by atoms with E-state index in [1.54, 1.807) is 10.6 Å². The van der Waals surface area contributed by atoms with E-state index in [-0.39, 0.29) is 41.7 Å². The van der Waals surface area contributed by atoms with E-state index in [4.69, 9.17) is 25.3 Å². The van der Waals surface area contributed by atoms with E-state index in [1.807, 2.05) is 42.5 Å². The minimum absolute atomic E-state index is 0. The van der Waals surface area contributed by atoms with Crippen molar-refractivity contribution in [1.29, 1.82) is 0 Å². The third-order valence-electron chi connectivity index (χ3n) is 8.23. The fourth-order valence-corrected chi connectivity index (χ4v) is 5.83. The molecule has 2 saturated heterocycles. The van der Waals surface area contributed by atoms with Crippen LogP contribution in [0.4, 0.5) is 15.0 Å². The maximum Gasteiger partial charge on any atom is 1.00 e. The second kappa shape index (κ2) is 20.6. The number of benzene rings is 2. The topological polar surface area (TPSA) is 164 Å². The Morgan fingerprint density at radius 2 is 1.10 bits per heavy atom. The Morgan fingerprint density at radius 1 is 0.692 bits per heavy atom. The number of halogens is 2. The molecule has 17 heteroatoms. The van der Waals surface area contributed by atoms with Crippen LogP contribution in [0.1, 0.15) is 18.6 Å². The average Bonchev–Trinajstić information content (AvgIpc) is 3.71. The van der Waals surface area contributed by atoms with Crippen LogP contribution in [-0.2, 0) is 22.6 Å². The monoisotopic (exact) mass is 726 g/mol. The SMILES string of the molecule is C.F.Fc1nc2cccc(-c3ccc(CN4CCOCC4)cc3)n2n1.Nc1nc2cccc(-c3ccc(CN4CCOCC4)cc3)n2n1.O=N[O-].[Na+]. The fourth-order valence-electron chi connectivity index (χ4n) is 5.83. The van der Waals surface area contributed by atoms with E-state index in [2.05, 4.69) is 66.4 Å². The van der Waals surface area contributed by atoms with Crippen LogP contribution in [0.15, 0.2) is 90.3 Å². The summed E-state index contributed by atoms with van der Waals surface area (Å²) in [5.74, 6) is 0.293. The van der Waals surface area contributed by atoms with Gasteiger partial charge in [-0.2, -0.15) is 14.4 Å². The second-order valence-electron chi connectivity index (χ2n) is 11.5. The molecule has 0 radical (unpaired) electrons. The molecule has 14 nitrogen and oxygen atoms in total. The van der Waals surface area contributed by atoms with Crippen molar-refractivity contribution in [3.63, 3.8) is 0 Å². The summed E-state index contributed by atoms with van der Waals surface area (Å²) in [5, 5.41) is 17.1. The van der Waals surface area contributed by atoms with Crippen LogP contribution in [0.5, 0.6) is 0 Å². The van der Waals surface area contributed by atoms with Gasteiger partial charge < -0.3 is 25.3 Å². The van der Waals surface area contributed by atoms with Gasteiger partial charge in [0.25, 0.3) is 0 Å². The van der Waals surface area contributed by atoms with Crippen molar-refractivity contribution in [1.82, 2.24) is 39.0 Å². The first-order valence-corrected chi connectivity index (χ1v) is 15.9. The summed E-state index contributed by atoms with van der Waals surface area (Å²) in [6.07, 6.45) is -0.707. The number of rotatable bonds is 6. The van der Waals surface area contributed by atoms with Gasteiger partial charge in [0.15, 0.2) is 11.3 Å². The summed E-state index contributed by atoms with van der Waals surface area (Å²) in [5.41, 5.74) is 13.5. The molecule has 2 fully saturated rings. The van der Waals surface area contributed by atoms with Gasteiger partial charge in [-0.25, -0.2) is 9.03 Å². The summed E-state index contributed by atoms with van der Waals surface area (Å²) in [6.45, 7) is 9.09.